The van der Waals surface area contributed by atoms with Crippen LogP contribution in [0, 0.1) is 0 Å². The second-order valence-electron chi connectivity index (χ2n) is 5.80. The van der Waals surface area contributed by atoms with Gasteiger partial charge in [-0.1, -0.05) is 30.3 Å². The number of morpholine rings is 1. The number of amides is 1. The van der Waals surface area contributed by atoms with Crippen LogP contribution >= 0.6 is 0 Å². The minimum Gasteiger partial charge on any atom is -0.369 e. The van der Waals surface area contributed by atoms with Crippen LogP contribution in [0.2, 0.25) is 0 Å². The van der Waals surface area contributed by atoms with Gasteiger partial charge in [0.1, 0.15) is 6.04 Å². The second kappa shape index (κ2) is 5.31. The molecule has 0 bridgehead atoms. The van der Waals surface area contributed by atoms with Crippen LogP contribution in [0.15, 0.2) is 30.3 Å². The summed E-state index contributed by atoms with van der Waals surface area (Å²) in [5, 5.41) is 0. The summed E-state index contributed by atoms with van der Waals surface area (Å²) >= 11 is 0. The van der Waals surface area contributed by atoms with Crippen molar-refractivity contribution in [1.29, 1.82) is 0 Å². The largest absolute Gasteiger partial charge is 0.369 e. The van der Waals surface area contributed by atoms with E-state index < -0.39 is 6.04 Å². The van der Waals surface area contributed by atoms with Gasteiger partial charge in [0.05, 0.1) is 11.7 Å². The van der Waals surface area contributed by atoms with Crippen LogP contribution in [0.25, 0.3) is 0 Å². The lowest BCUT2D eigenvalue weighted by atomic mass is 10.0. The van der Waals surface area contributed by atoms with E-state index in [1.807, 2.05) is 56.0 Å². The summed E-state index contributed by atoms with van der Waals surface area (Å²) in [4.78, 5) is 14.3. The monoisotopic (exact) mass is 262 g/mol. The highest BCUT2D eigenvalue weighted by Crippen LogP contribution is 2.23. The molecule has 1 unspecified atom stereocenters. The molecule has 4 heteroatoms. The first-order valence-corrected chi connectivity index (χ1v) is 6.66. The van der Waals surface area contributed by atoms with Crippen molar-refractivity contribution >= 4 is 5.91 Å². The van der Waals surface area contributed by atoms with Crippen molar-refractivity contribution < 1.29 is 9.53 Å². The minimum atomic E-state index is -0.595. The molecule has 1 aliphatic rings. The number of hydrogen-bond acceptors (Lipinski definition) is 3. The topological polar surface area (TPSA) is 55.6 Å². The molecule has 0 radical (unpaired) electrons. The van der Waals surface area contributed by atoms with Crippen LogP contribution in [-0.4, -0.2) is 35.6 Å². The number of carbonyl (C=O) groups excluding carboxylic acids is 1. The molecule has 2 rings (SSSR count). The standard InChI is InChI=1S/C15H22N2O2/c1-11-9-17(10-15(2,3)19-11)14(18)13(16)12-7-5-4-6-8-12/h4-8,11,13H,9-10,16H2,1-3H3/t11?,13-/m1/s1. The smallest absolute Gasteiger partial charge is 0.244 e. The number of carbonyl (C=O) groups is 1. The van der Waals surface area contributed by atoms with Crippen molar-refractivity contribution in [3.8, 4) is 0 Å². The number of nitrogens with two attached hydrogens (primary N) is 1. The van der Waals surface area contributed by atoms with Gasteiger partial charge < -0.3 is 15.4 Å². The Labute approximate surface area is 114 Å². The van der Waals surface area contributed by atoms with Gasteiger partial charge >= 0.3 is 0 Å². The Morgan fingerprint density at radius 3 is 2.63 bits per heavy atom. The summed E-state index contributed by atoms with van der Waals surface area (Å²) in [5.74, 6) is -0.0329. The van der Waals surface area contributed by atoms with Crippen molar-refractivity contribution in [2.75, 3.05) is 13.1 Å². The first-order valence-electron chi connectivity index (χ1n) is 6.66. The van der Waals surface area contributed by atoms with E-state index in [9.17, 15) is 4.79 Å². The highest BCUT2D eigenvalue weighted by Gasteiger charge is 2.35. The maximum absolute atomic E-state index is 12.5. The molecular formula is C15H22N2O2. The number of hydrogen-bond donors (Lipinski definition) is 1. The summed E-state index contributed by atoms with van der Waals surface area (Å²) in [6.07, 6.45) is 0.0377. The molecule has 0 saturated carbocycles. The molecule has 0 spiro atoms. The van der Waals surface area contributed by atoms with Gasteiger partial charge in [-0.3, -0.25) is 4.79 Å². The lowest BCUT2D eigenvalue weighted by Gasteiger charge is -2.42. The van der Waals surface area contributed by atoms with Gasteiger partial charge in [0.15, 0.2) is 0 Å². The zero-order valence-electron chi connectivity index (χ0n) is 11.8. The van der Waals surface area contributed by atoms with Crippen LogP contribution in [0.5, 0.6) is 0 Å². The number of benzene rings is 1. The molecule has 19 heavy (non-hydrogen) atoms. The molecule has 2 atom stereocenters. The van der Waals surface area contributed by atoms with Gasteiger partial charge in [-0.05, 0) is 26.3 Å². The SMILES string of the molecule is CC1CN(C(=O)[C@H](N)c2ccccc2)CC(C)(C)O1. The van der Waals surface area contributed by atoms with Crippen LogP contribution < -0.4 is 5.73 Å². The molecule has 1 aromatic carbocycles. The summed E-state index contributed by atoms with van der Waals surface area (Å²) in [6, 6.07) is 8.89. The number of nitrogens with zero attached hydrogens (tertiary/aromatic N) is 1. The fraction of sp³-hybridized carbons (Fsp3) is 0.533. The third-order valence-corrected chi connectivity index (χ3v) is 3.31. The van der Waals surface area contributed by atoms with E-state index in [0.717, 1.165) is 5.56 Å². The molecule has 0 aromatic heterocycles. The van der Waals surface area contributed by atoms with Crippen molar-refractivity contribution in [3.63, 3.8) is 0 Å². The van der Waals surface area contributed by atoms with Crippen LogP contribution in [0.1, 0.15) is 32.4 Å². The molecule has 104 valence electrons. The molecule has 2 N–H and O–H groups in total. The number of rotatable bonds is 2. The Bertz CT molecular complexity index is 445. The Hall–Kier alpha value is -1.39. The van der Waals surface area contributed by atoms with Gasteiger partial charge in [0.25, 0.3) is 0 Å². The van der Waals surface area contributed by atoms with E-state index in [2.05, 4.69) is 0 Å². The lowest BCUT2D eigenvalue weighted by molar-refractivity contribution is -0.159. The molecular weight excluding hydrogens is 240 g/mol. The average molecular weight is 262 g/mol. The molecule has 1 aromatic rings. The van der Waals surface area contributed by atoms with E-state index in [-0.39, 0.29) is 17.6 Å². The molecule has 1 saturated heterocycles. The normalized spacial score (nSPS) is 24.0. The predicted molar refractivity (Wildman–Crippen MR) is 74.6 cm³/mol. The van der Waals surface area contributed by atoms with Gasteiger partial charge in [0, 0.05) is 13.1 Å². The zero-order chi connectivity index (χ0) is 14.0. The third-order valence-electron chi connectivity index (χ3n) is 3.31. The Morgan fingerprint density at radius 1 is 1.42 bits per heavy atom. The van der Waals surface area contributed by atoms with E-state index in [1.165, 1.54) is 0 Å². The summed E-state index contributed by atoms with van der Waals surface area (Å²) in [7, 11) is 0. The van der Waals surface area contributed by atoms with Crippen LogP contribution in [-0.2, 0) is 9.53 Å². The Kier molecular flexibility index (Phi) is 3.92. The van der Waals surface area contributed by atoms with E-state index >= 15 is 0 Å². The lowest BCUT2D eigenvalue weighted by Crippen LogP contribution is -2.55. The van der Waals surface area contributed by atoms with Gasteiger partial charge in [0.2, 0.25) is 5.91 Å². The van der Waals surface area contributed by atoms with Crippen molar-refractivity contribution in [2.45, 2.75) is 38.5 Å². The Balaban J connectivity index is 2.11. The van der Waals surface area contributed by atoms with Crippen LogP contribution in [0.3, 0.4) is 0 Å². The summed E-state index contributed by atoms with van der Waals surface area (Å²) in [6.45, 7) is 7.16. The summed E-state index contributed by atoms with van der Waals surface area (Å²) in [5.41, 5.74) is 6.61. The molecule has 1 amide bonds. The minimum absolute atomic E-state index is 0.0329. The predicted octanol–water partition coefficient (Wildman–Crippen LogP) is 1.71. The van der Waals surface area contributed by atoms with E-state index in [4.69, 9.17) is 10.5 Å². The highest BCUT2D eigenvalue weighted by atomic mass is 16.5. The molecule has 1 heterocycles. The van der Waals surface area contributed by atoms with Gasteiger partial charge in [-0.25, -0.2) is 0 Å². The maximum atomic E-state index is 12.5. The highest BCUT2D eigenvalue weighted by molar-refractivity contribution is 5.83. The van der Waals surface area contributed by atoms with Crippen LogP contribution in [0.4, 0.5) is 0 Å². The van der Waals surface area contributed by atoms with E-state index in [1.54, 1.807) is 0 Å². The molecule has 0 aliphatic carbocycles. The summed E-state index contributed by atoms with van der Waals surface area (Å²) < 4.78 is 5.80. The quantitative estimate of drug-likeness (QED) is 0.882. The third kappa shape index (κ3) is 3.33. The first-order chi connectivity index (χ1) is 8.89. The molecule has 1 fully saturated rings. The second-order valence-corrected chi connectivity index (χ2v) is 5.80. The van der Waals surface area contributed by atoms with Crippen molar-refractivity contribution in [2.24, 2.45) is 5.73 Å². The maximum Gasteiger partial charge on any atom is 0.244 e. The fourth-order valence-corrected chi connectivity index (χ4v) is 2.62. The van der Waals surface area contributed by atoms with Crippen molar-refractivity contribution in [3.05, 3.63) is 35.9 Å². The Morgan fingerprint density at radius 2 is 2.05 bits per heavy atom. The molecule has 1 aliphatic heterocycles. The zero-order valence-corrected chi connectivity index (χ0v) is 11.8. The molecule has 4 nitrogen and oxygen atoms in total. The average Bonchev–Trinajstić information content (AvgIpc) is 2.35. The van der Waals surface area contributed by atoms with Gasteiger partial charge in [-0.2, -0.15) is 0 Å². The fourth-order valence-electron chi connectivity index (χ4n) is 2.62. The number of ether oxygens (including phenoxy) is 1. The van der Waals surface area contributed by atoms with Crippen molar-refractivity contribution in [1.82, 2.24) is 4.90 Å². The van der Waals surface area contributed by atoms with Gasteiger partial charge in [-0.15, -0.1) is 0 Å². The first kappa shape index (κ1) is 14.0. The van der Waals surface area contributed by atoms with E-state index in [0.29, 0.717) is 13.1 Å².